The van der Waals surface area contributed by atoms with Crippen LogP contribution >= 0.6 is 11.8 Å². The van der Waals surface area contributed by atoms with Crippen LogP contribution in [0.2, 0.25) is 0 Å². The van der Waals surface area contributed by atoms with Crippen molar-refractivity contribution in [2.75, 3.05) is 0 Å². The van der Waals surface area contributed by atoms with Gasteiger partial charge in [0.25, 0.3) is 5.76 Å². The third-order valence-corrected chi connectivity index (χ3v) is 2.43. The van der Waals surface area contributed by atoms with E-state index >= 15 is 0 Å². The summed E-state index contributed by atoms with van der Waals surface area (Å²) in [6.07, 6.45) is 0. The summed E-state index contributed by atoms with van der Waals surface area (Å²) in [5.74, 6) is -8.93. The van der Waals surface area contributed by atoms with Crippen LogP contribution in [0.3, 0.4) is 0 Å². The van der Waals surface area contributed by atoms with Crippen molar-refractivity contribution < 1.29 is 27.5 Å². The van der Waals surface area contributed by atoms with Gasteiger partial charge >= 0.3 is 11.9 Å². The fraction of sp³-hybridized carbons (Fsp3) is 0.222. The largest absolute Gasteiger partial charge is 0.477 e. The van der Waals surface area contributed by atoms with Crippen molar-refractivity contribution in [3.63, 3.8) is 0 Å². The van der Waals surface area contributed by atoms with E-state index in [9.17, 15) is 22.4 Å². The van der Waals surface area contributed by atoms with E-state index in [1.807, 2.05) is 0 Å². The van der Waals surface area contributed by atoms with Crippen molar-refractivity contribution in [2.45, 2.75) is 16.6 Å². The Morgan fingerprint density at radius 3 is 2.12 bits per heavy atom. The highest BCUT2D eigenvalue weighted by molar-refractivity contribution is 7.99. The Kier molecular flexibility index (Phi) is 3.79. The minimum atomic E-state index is -4.01. The summed E-state index contributed by atoms with van der Waals surface area (Å²) >= 11 is 0.200. The van der Waals surface area contributed by atoms with E-state index in [0.29, 0.717) is 0 Å². The number of aliphatic carboxylic acids is 1. The molecule has 2 nitrogen and oxygen atoms in total. The van der Waals surface area contributed by atoms with Gasteiger partial charge in [-0.25, -0.2) is 4.79 Å². The van der Waals surface area contributed by atoms with Crippen molar-refractivity contribution in [1.29, 1.82) is 0 Å². The minimum absolute atomic E-state index is 0.0972. The molecule has 0 bridgehead atoms. The van der Waals surface area contributed by atoms with Gasteiger partial charge in [-0.05, 0) is 12.1 Å². The maximum atomic E-state index is 12.9. The molecule has 0 saturated heterocycles. The van der Waals surface area contributed by atoms with E-state index in [1.54, 1.807) is 0 Å². The van der Waals surface area contributed by atoms with Gasteiger partial charge in [0.2, 0.25) is 0 Å². The van der Waals surface area contributed by atoms with Crippen molar-refractivity contribution in [2.24, 2.45) is 0 Å². The monoisotopic (exact) mass is 254 g/mol. The molecule has 0 radical (unpaired) electrons. The Morgan fingerprint density at radius 1 is 1.25 bits per heavy atom. The van der Waals surface area contributed by atoms with E-state index in [0.717, 1.165) is 24.3 Å². The standard InChI is InChI=1S/C9H6F4O2S/c10-8(11)16-6-3-1-5(2-4-6)9(12,13)7(14)15/h1-4,8H,(H,14,15). The van der Waals surface area contributed by atoms with Crippen molar-refractivity contribution in [1.82, 2.24) is 0 Å². The van der Waals surface area contributed by atoms with Crippen LogP contribution in [0.15, 0.2) is 29.2 Å². The van der Waals surface area contributed by atoms with Gasteiger partial charge in [0.1, 0.15) is 0 Å². The number of carboxylic acid groups (broad SMARTS) is 1. The maximum absolute atomic E-state index is 12.9. The van der Waals surface area contributed by atoms with E-state index in [1.165, 1.54) is 0 Å². The summed E-state index contributed by atoms with van der Waals surface area (Å²) in [5, 5.41) is 8.23. The summed E-state index contributed by atoms with van der Waals surface area (Å²) in [7, 11) is 0. The van der Waals surface area contributed by atoms with Crippen LogP contribution in [0.5, 0.6) is 0 Å². The van der Waals surface area contributed by atoms with Crippen LogP contribution in [0.1, 0.15) is 5.56 Å². The molecular formula is C9H6F4O2S. The average molecular weight is 254 g/mol. The number of carbonyl (C=O) groups is 1. The Balaban J connectivity index is 2.91. The maximum Gasteiger partial charge on any atom is 0.379 e. The Morgan fingerprint density at radius 2 is 1.75 bits per heavy atom. The van der Waals surface area contributed by atoms with Gasteiger partial charge in [-0.1, -0.05) is 23.9 Å². The Labute approximate surface area is 92.3 Å². The molecule has 7 heteroatoms. The van der Waals surface area contributed by atoms with E-state index < -0.39 is 23.2 Å². The second-order valence-electron chi connectivity index (χ2n) is 2.78. The predicted octanol–water partition coefficient (Wildman–Crippen LogP) is 3.18. The van der Waals surface area contributed by atoms with Crippen LogP contribution in [0.4, 0.5) is 17.6 Å². The number of thioether (sulfide) groups is 1. The van der Waals surface area contributed by atoms with E-state index in [4.69, 9.17) is 5.11 Å². The first-order valence-corrected chi connectivity index (χ1v) is 4.88. The molecule has 1 aromatic rings. The van der Waals surface area contributed by atoms with Crippen LogP contribution < -0.4 is 0 Å². The summed E-state index contributed by atoms with van der Waals surface area (Å²) in [4.78, 5) is 10.3. The highest BCUT2D eigenvalue weighted by atomic mass is 32.2. The summed E-state index contributed by atoms with van der Waals surface area (Å²) in [6.45, 7) is 0. The molecule has 0 aliphatic rings. The topological polar surface area (TPSA) is 37.3 Å². The number of benzene rings is 1. The predicted molar refractivity (Wildman–Crippen MR) is 49.8 cm³/mol. The smallest absolute Gasteiger partial charge is 0.379 e. The second kappa shape index (κ2) is 4.73. The van der Waals surface area contributed by atoms with Gasteiger partial charge < -0.3 is 5.11 Å². The number of hydrogen-bond donors (Lipinski definition) is 1. The molecule has 0 spiro atoms. The molecule has 0 saturated carbocycles. The first-order valence-electron chi connectivity index (χ1n) is 4.00. The van der Waals surface area contributed by atoms with Gasteiger partial charge in [-0.3, -0.25) is 0 Å². The summed E-state index contributed by atoms with van der Waals surface area (Å²) in [6, 6.07) is 3.70. The fourth-order valence-corrected chi connectivity index (χ4v) is 1.47. The Bertz CT molecular complexity index is 378. The highest BCUT2D eigenvalue weighted by Crippen LogP contribution is 2.31. The molecule has 1 rings (SSSR count). The molecule has 1 aromatic carbocycles. The number of alkyl halides is 4. The van der Waals surface area contributed by atoms with E-state index in [2.05, 4.69) is 0 Å². The number of rotatable bonds is 4. The lowest BCUT2D eigenvalue weighted by atomic mass is 10.1. The normalized spacial score (nSPS) is 11.8. The molecule has 88 valence electrons. The molecule has 1 N–H and O–H groups in total. The molecule has 0 unspecified atom stereocenters. The third kappa shape index (κ3) is 2.88. The van der Waals surface area contributed by atoms with Gasteiger partial charge in [-0.2, -0.15) is 17.6 Å². The van der Waals surface area contributed by atoms with Crippen LogP contribution in [-0.2, 0) is 10.7 Å². The van der Waals surface area contributed by atoms with E-state index in [-0.39, 0.29) is 16.7 Å². The van der Waals surface area contributed by atoms with Crippen molar-refractivity contribution in [3.05, 3.63) is 29.8 Å². The summed E-state index contributed by atoms with van der Waals surface area (Å²) in [5.41, 5.74) is -0.737. The molecule has 0 aliphatic carbocycles. The number of carboxylic acids is 1. The SMILES string of the molecule is O=C(O)C(F)(F)c1ccc(SC(F)F)cc1. The minimum Gasteiger partial charge on any atom is -0.477 e. The summed E-state index contributed by atoms with van der Waals surface area (Å²) < 4.78 is 49.6. The zero-order chi connectivity index (χ0) is 12.3. The highest BCUT2D eigenvalue weighted by Gasteiger charge is 2.40. The molecule has 0 heterocycles. The third-order valence-electron chi connectivity index (χ3n) is 1.71. The van der Waals surface area contributed by atoms with Crippen LogP contribution in [0.25, 0.3) is 0 Å². The van der Waals surface area contributed by atoms with Gasteiger partial charge in [0.15, 0.2) is 0 Å². The lowest BCUT2D eigenvalue weighted by molar-refractivity contribution is -0.166. The lowest BCUT2D eigenvalue weighted by Gasteiger charge is -2.11. The number of hydrogen-bond acceptors (Lipinski definition) is 2. The molecule has 16 heavy (non-hydrogen) atoms. The first kappa shape index (κ1) is 12.8. The molecule has 0 fully saturated rings. The lowest BCUT2D eigenvalue weighted by Crippen LogP contribution is -2.25. The molecule has 0 aliphatic heterocycles. The van der Waals surface area contributed by atoms with Gasteiger partial charge in [0.05, 0.1) is 0 Å². The quantitative estimate of drug-likeness (QED) is 0.662. The second-order valence-corrected chi connectivity index (χ2v) is 3.85. The molecule has 0 atom stereocenters. The molecule has 0 aromatic heterocycles. The van der Waals surface area contributed by atoms with Gasteiger partial charge in [0, 0.05) is 10.5 Å². The average Bonchev–Trinajstić information content (AvgIpc) is 2.17. The Hall–Kier alpha value is -1.24. The van der Waals surface area contributed by atoms with Crippen molar-refractivity contribution in [3.8, 4) is 0 Å². The van der Waals surface area contributed by atoms with Crippen LogP contribution in [0, 0.1) is 0 Å². The zero-order valence-electron chi connectivity index (χ0n) is 7.66. The van der Waals surface area contributed by atoms with Gasteiger partial charge in [-0.15, -0.1) is 0 Å². The fourth-order valence-electron chi connectivity index (χ4n) is 0.969. The van der Waals surface area contributed by atoms with Crippen molar-refractivity contribution >= 4 is 17.7 Å². The van der Waals surface area contributed by atoms with Crippen LogP contribution in [-0.4, -0.2) is 16.8 Å². The molecular weight excluding hydrogens is 248 g/mol. The number of halogens is 4. The zero-order valence-corrected chi connectivity index (χ0v) is 8.48. The first-order chi connectivity index (χ1) is 7.34. The molecule has 0 amide bonds.